The van der Waals surface area contributed by atoms with Gasteiger partial charge in [0.15, 0.2) is 5.82 Å². The molecule has 0 fully saturated rings. The largest absolute Gasteiger partial charge is 0.324 e. The Morgan fingerprint density at radius 2 is 2.04 bits per heavy atom. The van der Waals surface area contributed by atoms with Crippen LogP contribution < -0.4 is 5.32 Å². The molecule has 1 aliphatic rings. The number of fused-ring (bicyclic) bond motifs is 1. The summed E-state index contributed by atoms with van der Waals surface area (Å²) in [6.07, 6.45) is 0. The Bertz CT molecular complexity index is 717. The fourth-order valence-electron chi connectivity index (χ4n) is 2.74. The van der Waals surface area contributed by atoms with Gasteiger partial charge in [-0.2, -0.15) is 0 Å². The van der Waals surface area contributed by atoms with E-state index < -0.39 is 0 Å². The summed E-state index contributed by atoms with van der Waals surface area (Å²) in [5, 5.41) is 15.0. The first kappa shape index (κ1) is 15.6. The minimum atomic E-state index is -0.257. The molecule has 0 spiro atoms. The lowest BCUT2D eigenvalue weighted by atomic mass is 10.1. The highest BCUT2D eigenvalue weighted by molar-refractivity contribution is 5.95. The topological polar surface area (TPSA) is 75.9 Å². The van der Waals surface area contributed by atoms with Crippen molar-refractivity contribution in [3.8, 4) is 0 Å². The highest BCUT2D eigenvalue weighted by atomic mass is 16.2. The van der Waals surface area contributed by atoms with Crippen LogP contribution in [0.5, 0.6) is 0 Å². The van der Waals surface area contributed by atoms with Gasteiger partial charge in [0, 0.05) is 12.2 Å². The van der Waals surface area contributed by atoms with Crippen LogP contribution in [0.4, 0.5) is 5.69 Å². The van der Waals surface area contributed by atoms with Crippen LogP contribution in [-0.2, 0) is 23.4 Å². The summed E-state index contributed by atoms with van der Waals surface area (Å²) in [6, 6.07) is 7.63. The van der Waals surface area contributed by atoms with E-state index in [9.17, 15) is 4.79 Å². The van der Waals surface area contributed by atoms with E-state index in [2.05, 4.69) is 46.5 Å². The lowest BCUT2D eigenvalue weighted by Gasteiger charge is -2.27. The highest BCUT2D eigenvalue weighted by Crippen LogP contribution is 2.24. The Kier molecular flexibility index (Phi) is 3.89. The molecule has 0 saturated carbocycles. The van der Waals surface area contributed by atoms with Crippen LogP contribution >= 0.6 is 0 Å². The molecule has 1 aliphatic heterocycles. The van der Waals surface area contributed by atoms with Crippen molar-refractivity contribution in [1.29, 1.82) is 0 Å². The fourth-order valence-corrected chi connectivity index (χ4v) is 2.74. The number of aromatic nitrogens is 4. The molecule has 3 rings (SSSR count). The SMILES string of the molecule is CC1C(=O)Nc2ccccc2CN1Cc1nnnn1C(C)(C)C. The molecule has 1 atom stereocenters. The van der Waals surface area contributed by atoms with Crippen molar-refractivity contribution in [3.05, 3.63) is 35.7 Å². The molecule has 1 aromatic heterocycles. The van der Waals surface area contributed by atoms with Crippen molar-refractivity contribution >= 4 is 11.6 Å². The molecule has 1 aromatic carbocycles. The summed E-state index contributed by atoms with van der Waals surface area (Å²) in [5.74, 6) is 0.751. The standard InChI is InChI=1S/C16H22N6O/c1-11-15(23)17-13-8-6-5-7-12(13)9-21(11)10-14-18-19-20-22(14)16(2,3)4/h5-8,11H,9-10H2,1-4H3,(H,17,23). The van der Waals surface area contributed by atoms with Crippen LogP contribution in [0.25, 0.3) is 0 Å². The lowest BCUT2D eigenvalue weighted by molar-refractivity contribution is -0.120. The van der Waals surface area contributed by atoms with E-state index in [4.69, 9.17) is 0 Å². The van der Waals surface area contributed by atoms with Gasteiger partial charge in [-0.1, -0.05) is 18.2 Å². The number of nitrogens with one attached hydrogen (secondary N) is 1. The van der Waals surface area contributed by atoms with Crippen molar-refractivity contribution in [2.45, 2.75) is 52.4 Å². The number of nitrogens with zero attached hydrogens (tertiary/aromatic N) is 5. The molecule has 23 heavy (non-hydrogen) atoms. The number of hydrogen-bond donors (Lipinski definition) is 1. The van der Waals surface area contributed by atoms with E-state index >= 15 is 0 Å². The summed E-state index contributed by atoms with van der Waals surface area (Å²) in [5.41, 5.74) is 1.77. The van der Waals surface area contributed by atoms with E-state index in [1.807, 2.05) is 35.9 Å². The molecule has 122 valence electrons. The molecule has 7 heteroatoms. The van der Waals surface area contributed by atoms with Gasteiger partial charge in [-0.3, -0.25) is 9.69 Å². The zero-order valence-corrected chi connectivity index (χ0v) is 13.9. The Hall–Kier alpha value is -2.28. The van der Waals surface area contributed by atoms with Crippen LogP contribution in [0.15, 0.2) is 24.3 Å². The molecular formula is C16H22N6O. The predicted octanol–water partition coefficient (Wildman–Crippen LogP) is 1.77. The quantitative estimate of drug-likeness (QED) is 0.914. The molecule has 0 bridgehead atoms. The van der Waals surface area contributed by atoms with Gasteiger partial charge in [-0.05, 0) is 49.8 Å². The van der Waals surface area contributed by atoms with Crippen molar-refractivity contribution in [1.82, 2.24) is 25.1 Å². The number of hydrogen-bond acceptors (Lipinski definition) is 5. The zero-order valence-electron chi connectivity index (χ0n) is 13.9. The van der Waals surface area contributed by atoms with Crippen LogP contribution in [0.3, 0.4) is 0 Å². The first-order chi connectivity index (χ1) is 10.9. The first-order valence-electron chi connectivity index (χ1n) is 7.77. The monoisotopic (exact) mass is 314 g/mol. The first-order valence-corrected chi connectivity index (χ1v) is 7.77. The molecule has 2 heterocycles. The normalized spacial score (nSPS) is 19.1. The molecule has 7 nitrogen and oxygen atoms in total. The van der Waals surface area contributed by atoms with Gasteiger partial charge < -0.3 is 5.32 Å². The number of amides is 1. The van der Waals surface area contributed by atoms with Crippen molar-refractivity contribution in [3.63, 3.8) is 0 Å². The zero-order chi connectivity index (χ0) is 16.6. The Morgan fingerprint density at radius 3 is 2.78 bits per heavy atom. The number of para-hydroxylation sites is 1. The Balaban J connectivity index is 1.90. The van der Waals surface area contributed by atoms with Gasteiger partial charge in [-0.15, -0.1) is 5.10 Å². The summed E-state index contributed by atoms with van der Waals surface area (Å²) < 4.78 is 1.81. The smallest absolute Gasteiger partial charge is 0.241 e. The third-order valence-electron chi connectivity index (χ3n) is 4.09. The second-order valence-electron chi connectivity index (χ2n) is 6.91. The molecule has 0 radical (unpaired) electrons. The average molecular weight is 314 g/mol. The third-order valence-corrected chi connectivity index (χ3v) is 4.09. The molecule has 2 aromatic rings. The van der Waals surface area contributed by atoms with Crippen molar-refractivity contribution in [2.24, 2.45) is 0 Å². The van der Waals surface area contributed by atoms with Gasteiger partial charge in [0.25, 0.3) is 0 Å². The second-order valence-corrected chi connectivity index (χ2v) is 6.91. The van der Waals surface area contributed by atoms with Gasteiger partial charge in [-0.25, -0.2) is 4.68 Å². The maximum Gasteiger partial charge on any atom is 0.241 e. The Labute approximate surface area is 135 Å². The molecule has 1 N–H and O–H groups in total. The van der Waals surface area contributed by atoms with E-state index in [0.717, 1.165) is 17.1 Å². The lowest BCUT2D eigenvalue weighted by Crippen LogP contribution is -2.40. The van der Waals surface area contributed by atoms with Gasteiger partial charge in [0.1, 0.15) is 0 Å². The Morgan fingerprint density at radius 1 is 1.30 bits per heavy atom. The van der Waals surface area contributed by atoms with Crippen molar-refractivity contribution < 1.29 is 4.79 Å². The molecule has 1 unspecified atom stereocenters. The van der Waals surface area contributed by atoms with Crippen LogP contribution in [-0.4, -0.2) is 37.1 Å². The summed E-state index contributed by atoms with van der Waals surface area (Å²) in [6.45, 7) is 9.27. The number of anilines is 1. The minimum Gasteiger partial charge on any atom is -0.324 e. The fraction of sp³-hybridized carbons (Fsp3) is 0.500. The predicted molar refractivity (Wildman–Crippen MR) is 86.6 cm³/mol. The van der Waals surface area contributed by atoms with Gasteiger partial charge in [0.05, 0.1) is 18.1 Å². The van der Waals surface area contributed by atoms with Crippen LogP contribution in [0.1, 0.15) is 39.1 Å². The minimum absolute atomic E-state index is 0.00951. The summed E-state index contributed by atoms with van der Waals surface area (Å²) in [4.78, 5) is 14.5. The average Bonchev–Trinajstić information content (AvgIpc) is 2.91. The maximum atomic E-state index is 12.4. The highest BCUT2D eigenvalue weighted by Gasteiger charge is 2.29. The number of carbonyl (C=O) groups is 1. The second kappa shape index (κ2) is 5.73. The van der Waals surface area contributed by atoms with Crippen LogP contribution in [0, 0.1) is 0 Å². The van der Waals surface area contributed by atoms with E-state index in [0.29, 0.717) is 13.1 Å². The summed E-state index contributed by atoms with van der Waals surface area (Å²) >= 11 is 0. The van der Waals surface area contributed by atoms with E-state index in [1.54, 1.807) is 0 Å². The molecular weight excluding hydrogens is 292 g/mol. The van der Waals surface area contributed by atoms with E-state index in [-0.39, 0.29) is 17.5 Å². The number of benzene rings is 1. The third kappa shape index (κ3) is 3.10. The van der Waals surface area contributed by atoms with Crippen molar-refractivity contribution in [2.75, 3.05) is 5.32 Å². The van der Waals surface area contributed by atoms with Gasteiger partial charge >= 0.3 is 0 Å². The molecule has 1 amide bonds. The van der Waals surface area contributed by atoms with E-state index in [1.165, 1.54) is 0 Å². The number of carbonyl (C=O) groups excluding carboxylic acids is 1. The maximum absolute atomic E-state index is 12.4. The number of tetrazole rings is 1. The van der Waals surface area contributed by atoms with Gasteiger partial charge in [0.2, 0.25) is 5.91 Å². The number of rotatable bonds is 2. The molecule has 0 saturated heterocycles. The van der Waals surface area contributed by atoms with Crippen LogP contribution in [0.2, 0.25) is 0 Å². The summed E-state index contributed by atoms with van der Waals surface area (Å²) in [7, 11) is 0. The molecule has 0 aliphatic carbocycles.